The minimum Gasteiger partial charge on any atom is -0.497 e. The molecule has 0 amide bonds. The molecule has 2 N–H and O–H groups in total. The molecule has 104 valence electrons. The minimum atomic E-state index is -0.0296. The Morgan fingerprint density at radius 3 is 2.45 bits per heavy atom. The molecule has 0 aliphatic heterocycles. The molecule has 0 radical (unpaired) electrons. The molecule has 0 spiro atoms. The fourth-order valence-electron chi connectivity index (χ4n) is 2.05. The number of anilines is 3. The van der Waals surface area contributed by atoms with Crippen molar-refractivity contribution in [3.63, 3.8) is 0 Å². The molecule has 4 nitrogen and oxygen atoms in total. The van der Waals surface area contributed by atoms with Gasteiger partial charge in [-0.2, -0.15) is 0 Å². The van der Waals surface area contributed by atoms with Crippen LogP contribution in [0, 0.1) is 0 Å². The second-order valence-corrected chi connectivity index (χ2v) is 4.59. The molecule has 2 aromatic carbocycles. The molecule has 0 unspecified atom stereocenters. The van der Waals surface area contributed by atoms with Crippen LogP contribution in [0.4, 0.5) is 17.1 Å². The maximum Gasteiger partial charge on any atom is 0.161 e. The Bertz CT molecular complexity index is 638. The molecule has 2 aromatic rings. The van der Waals surface area contributed by atoms with Crippen LogP contribution in [-0.2, 0) is 0 Å². The van der Waals surface area contributed by atoms with Crippen LogP contribution in [0.3, 0.4) is 0 Å². The van der Waals surface area contributed by atoms with Gasteiger partial charge < -0.3 is 15.4 Å². The monoisotopic (exact) mass is 270 g/mol. The standard InChI is InChI=1S/C16H18N2O2/c1-11(19)15-8-7-13(10-16(15)17)18(2)12-5-4-6-14(9-12)20-3/h4-10H,17H2,1-3H3. The van der Waals surface area contributed by atoms with E-state index in [-0.39, 0.29) is 5.78 Å². The highest BCUT2D eigenvalue weighted by Crippen LogP contribution is 2.29. The number of nitrogens with zero attached hydrogens (tertiary/aromatic N) is 1. The van der Waals surface area contributed by atoms with E-state index >= 15 is 0 Å². The van der Waals surface area contributed by atoms with Gasteiger partial charge in [0.25, 0.3) is 0 Å². The number of nitrogen functional groups attached to an aromatic ring is 1. The van der Waals surface area contributed by atoms with Gasteiger partial charge in [-0.25, -0.2) is 0 Å². The minimum absolute atomic E-state index is 0.0296. The summed E-state index contributed by atoms with van der Waals surface area (Å²) in [6.45, 7) is 1.51. The Morgan fingerprint density at radius 2 is 1.85 bits per heavy atom. The number of Topliss-reactive ketones (excluding diaryl/α,β-unsaturated/α-hetero) is 1. The number of hydrogen-bond acceptors (Lipinski definition) is 4. The maximum absolute atomic E-state index is 11.4. The van der Waals surface area contributed by atoms with Crippen LogP contribution in [0.15, 0.2) is 42.5 Å². The summed E-state index contributed by atoms with van der Waals surface area (Å²) in [6.07, 6.45) is 0. The fraction of sp³-hybridized carbons (Fsp3) is 0.188. The summed E-state index contributed by atoms with van der Waals surface area (Å²) in [5.41, 5.74) is 8.86. The van der Waals surface area contributed by atoms with E-state index in [1.165, 1.54) is 6.92 Å². The van der Waals surface area contributed by atoms with E-state index in [4.69, 9.17) is 10.5 Å². The third-order valence-electron chi connectivity index (χ3n) is 3.24. The molecule has 20 heavy (non-hydrogen) atoms. The zero-order chi connectivity index (χ0) is 14.7. The number of methoxy groups -OCH3 is 1. The van der Waals surface area contributed by atoms with Gasteiger partial charge in [0.15, 0.2) is 5.78 Å². The van der Waals surface area contributed by atoms with Gasteiger partial charge in [-0.1, -0.05) is 6.07 Å². The second kappa shape index (κ2) is 5.65. The highest BCUT2D eigenvalue weighted by Gasteiger charge is 2.09. The van der Waals surface area contributed by atoms with Crippen molar-refractivity contribution in [2.75, 3.05) is 24.8 Å². The molecule has 2 rings (SSSR count). The van der Waals surface area contributed by atoms with Crippen molar-refractivity contribution in [1.82, 2.24) is 0 Å². The lowest BCUT2D eigenvalue weighted by Crippen LogP contribution is -2.10. The Kier molecular flexibility index (Phi) is 3.94. The second-order valence-electron chi connectivity index (χ2n) is 4.59. The molecular formula is C16H18N2O2. The van der Waals surface area contributed by atoms with Crippen molar-refractivity contribution in [2.24, 2.45) is 0 Å². The highest BCUT2D eigenvalue weighted by atomic mass is 16.5. The van der Waals surface area contributed by atoms with Crippen LogP contribution in [0.2, 0.25) is 0 Å². The van der Waals surface area contributed by atoms with Gasteiger partial charge in [-0.3, -0.25) is 4.79 Å². The van der Waals surface area contributed by atoms with Crippen molar-refractivity contribution in [3.05, 3.63) is 48.0 Å². The molecule has 0 aliphatic rings. The molecule has 0 aliphatic carbocycles. The van der Waals surface area contributed by atoms with E-state index in [1.54, 1.807) is 19.2 Å². The lowest BCUT2D eigenvalue weighted by molar-refractivity contribution is 0.101. The quantitative estimate of drug-likeness (QED) is 0.684. The van der Waals surface area contributed by atoms with Crippen LogP contribution < -0.4 is 15.4 Å². The number of carbonyl (C=O) groups is 1. The van der Waals surface area contributed by atoms with E-state index in [9.17, 15) is 4.79 Å². The molecule has 4 heteroatoms. The molecule has 0 heterocycles. The fourth-order valence-corrected chi connectivity index (χ4v) is 2.05. The summed E-state index contributed by atoms with van der Waals surface area (Å²) in [5.74, 6) is 0.765. The highest BCUT2D eigenvalue weighted by molar-refractivity contribution is 5.99. The summed E-state index contributed by atoms with van der Waals surface area (Å²) < 4.78 is 5.22. The van der Waals surface area contributed by atoms with Gasteiger partial charge in [0, 0.05) is 35.7 Å². The van der Waals surface area contributed by atoms with Crippen LogP contribution in [0.5, 0.6) is 5.75 Å². The van der Waals surface area contributed by atoms with Gasteiger partial charge >= 0.3 is 0 Å². The van der Waals surface area contributed by atoms with Crippen LogP contribution in [0.25, 0.3) is 0 Å². The number of rotatable bonds is 4. The predicted molar refractivity (Wildman–Crippen MR) is 81.9 cm³/mol. The van der Waals surface area contributed by atoms with Crippen LogP contribution in [0.1, 0.15) is 17.3 Å². The molecule has 0 saturated heterocycles. The summed E-state index contributed by atoms with van der Waals surface area (Å²) in [4.78, 5) is 13.4. The normalized spacial score (nSPS) is 10.2. The smallest absolute Gasteiger partial charge is 0.161 e. The van der Waals surface area contributed by atoms with E-state index in [1.807, 2.05) is 42.3 Å². The zero-order valence-electron chi connectivity index (χ0n) is 11.9. The van der Waals surface area contributed by atoms with Gasteiger partial charge in [0.2, 0.25) is 0 Å². The average molecular weight is 270 g/mol. The first kappa shape index (κ1) is 13.9. The van der Waals surface area contributed by atoms with E-state index in [0.717, 1.165) is 17.1 Å². The summed E-state index contributed by atoms with van der Waals surface area (Å²) >= 11 is 0. The summed E-state index contributed by atoms with van der Waals surface area (Å²) in [6, 6.07) is 13.2. The number of benzene rings is 2. The van der Waals surface area contributed by atoms with Crippen molar-refractivity contribution in [3.8, 4) is 5.75 Å². The third kappa shape index (κ3) is 2.74. The zero-order valence-corrected chi connectivity index (χ0v) is 11.9. The van der Waals surface area contributed by atoms with E-state index in [2.05, 4.69) is 0 Å². The Balaban J connectivity index is 2.35. The Hall–Kier alpha value is -2.49. The predicted octanol–water partition coefficient (Wildman–Crippen LogP) is 3.25. The van der Waals surface area contributed by atoms with Crippen molar-refractivity contribution < 1.29 is 9.53 Å². The first-order valence-electron chi connectivity index (χ1n) is 6.31. The summed E-state index contributed by atoms with van der Waals surface area (Å²) in [7, 11) is 3.58. The summed E-state index contributed by atoms with van der Waals surface area (Å²) in [5, 5.41) is 0. The maximum atomic E-state index is 11.4. The topological polar surface area (TPSA) is 55.6 Å². The van der Waals surface area contributed by atoms with Crippen LogP contribution in [-0.4, -0.2) is 19.9 Å². The number of carbonyl (C=O) groups excluding carboxylic acids is 1. The Labute approximate surface area is 118 Å². The number of nitrogens with two attached hydrogens (primary N) is 1. The molecule has 0 fully saturated rings. The average Bonchev–Trinajstić information content (AvgIpc) is 2.46. The lowest BCUT2D eigenvalue weighted by atomic mass is 10.1. The van der Waals surface area contributed by atoms with E-state index in [0.29, 0.717) is 11.3 Å². The number of hydrogen-bond donors (Lipinski definition) is 1. The van der Waals surface area contributed by atoms with Gasteiger partial charge in [0.1, 0.15) is 5.75 Å². The Morgan fingerprint density at radius 1 is 1.15 bits per heavy atom. The van der Waals surface area contributed by atoms with Gasteiger partial charge in [-0.15, -0.1) is 0 Å². The lowest BCUT2D eigenvalue weighted by Gasteiger charge is -2.21. The SMILES string of the molecule is COc1cccc(N(C)c2ccc(C(C)=O)c(N)c2)c1. The molecule has 0 bridgehead atoms. The molecular weight excluding hydrogens is 252 g/mol. The van der Waals surface area contributed by atoms with Crippen molar-refractivity contribution in [2.45, 2.75) is 6.92 Å². The number of ketones is 1. The number of ether oxygens (including phenoxy) is 1. The molecule has 0 aromatic heterocycles. The first-order valence-corrected chi connectivity index (χ1v) is 6.31. The largest absolute Gasteiger partial charge is 0.497 e. The third-order valence-corrected chi connectivity index (χ3v) is 3.24. The van der Waals surface area contributed by atoms with Gasteiger partial charge in [-0.05, 0) is 37.3 Å². The molecule has 0 atom stereocenters. The van der Waals surface area contributed by atoms with E-state index < -0.39 is 0 Å². The first-order chi connectivity index (χ1) is 9.52. The van der Waals surface area contributed by atoms with Crippen molar-refractivity contribution in [1.29, 1.82) is 0 Å². The van der Waals surface area contributed by atoms with Gasteiger partial charge in [0.05, 0.1) is 7.11 Å². The van der Waals surface area contributed by atoms with Crippen LogP contribution >= 0.6 is 0 Å². The molecule has 0 saturated carbocycles. The van der Waals surface area contributed by atoms with Crippen molar-refractivity contribution >= 4 is 22.8 Å².